The maximum Gasteiger partial charge on any atom is 0.372 e. The summed E-state index contributed by atoms with van der Waals surface area (Å²) in [5.41, 5.74) is 2.81. The molecule has 0 radical (unpaired) electrons. The highest BCUT2D eigenvalue weighted by Crippen LogP contribution is 2.10. The highest BCUT2D eigenvalue weighted by Gasteiger charge is 2.11. The number of carboxylic acid groups (broad SMARTS) is 1. The van der Waals surface area contributed by atoms with Crippen molar-refractivity contribution in [2.24, 2.45) is 0 Å². The minimum atomic E-state index is -1.39. The van der Waals surface area contributed by atoms with Crippen LogP contribution in [0, 0.1) is 0 Å². The van der Waals surface area contributed by atoms with Gasteiger partial charge in [-0.2, -0.15) is 0 Å². The molecule has 0 atom stereocenters. The van der Waals surface area contributed by atoms with E-state index in [1.807, 2.05) is 54.6 Å². The second-order valence-electron chi connectivity index (χ2n) is 4.39. The molecule has 3 nitrogen and oxygen atoms in total. The second kappa shape index (κ2) is 6.48. The molecule has 3 heteroatoms. The van der Waals surface area contributed by atoms with Crippen molar-refractivity contribution >= 4 is 23.9 Å². The zero-order valence-electron chi connectivity index (χ0n) is 10.8. The molecule has 0 aliphatic carbocycles. The molecule has 0 bridgehead atoms. The van der Waals surface area contributed by atoms with Crippen LogP contribution in [0.5, 0.6) is 0 Å². The largest absolute Gasteiger partial charge is 0.475 e. The van der Waals surface area contributed by atoms with Gasteiger partial charge < -0.3 is 5.11 Å². The predicted molar refractivity (Wildman–Crippen MR) is 78.2 cm³/mol. The first kappa shape index (κ1) is 13.7. The first-order chi connectivity index (χ1) is 9.65. The fourth-order valence-corrected chi connectivity index (χ4v) is 1.76. The van der Waals surface area contributed by atoms with Crippen molar-refractivity contribution in [3.8, 4) is 0 Å². The lowest BCUT2D eigenvalue weighted by Crippen LogP contribution is -2.14. The van der Waals surface area contributed by atoms with Crippen LogP contribution in [0.25, 0.3) is 12.2 Å². The van der Waals surface area contributed by atoms with Crippen LogP contribution >= 0.6 is 0 Å². The Morgan fingerprint density at radius 3 is 1.95 bits per heavy atom. The van der Waals surface area contributed by atoms with Crippen molar-refractivity contribution < 1.29 is 14.7 Å². The quantitative estimate of drug-likeness (QED) is 0.668. The molecule has 2 aromatic rings. The molecule has 0 aliphatic rings. The van der Waals surface area contributed by atoms with E-state index in [2.05, 4.69) is 0 Å². The van der Waals surface area contributed by atoms with Crippen LogP contribution in [-0.2, 0) is 16.0 Å². The number of rotatable bonds is 5. The van der Waals surface area contributed by atoms with E-state index in [-0.39, 0.29) is 6.42 Å². The monoisotopic (exact) mass is 266 g/mol. The topological polar surface area (TPSA) is 54.4 Å². The Labute approximate surface area is 117 Å². The van der Waals surface area contributed by atoms with Gasteiger partial charge in [-0.1, -0.05) is 66.7 Å². The molecule has 100 valence electrons. The molecular weight excluding hydrogens is 252 g/mol. The standard InChI is InChI=1S/C17H14O3/c18-16(17(19)20)12-15-10-8-14(9-11-15)7-6-13-4-2-1-3-5-13/h1-11H,12H2,(H,19,20)/b7-6-. The maximum absolute atomic E-state index is 11.1. The summed E-state index contributed by atoms with van der Waals surface area (Å²) in [6, 6.07) is 17.2. The number of carbonyl (C=O) groups excluding carboxylic acids is 1. The van der Waals surface area contributed by atoms with Crippen molar-refractivity contribution in [2.75, 3.05) is 0 Å². The van der Waals surface area contributed by atoms with Gasteiger partial charge in [-0.15, -0.1) is 0 Å². The first-order valence-electron chi connectivity index (χ1n) is 6.23. The fraction of sp³-hybridized carbons (Fsp3) is 0.0588. The lowest BCUT2D eigenvalue weighted by atomic mass is 10.1. The number of hydrogen-bond acceptors (Lipinski definition) is 2. The van der Waals surface area contributed by atoms with Gasteiger partial charge in [0.2, 0.25) is 5.78 Å². The Bertz CT molecular complexity index is 625. The molecule has 0 aliphatic heterocycles. The van der Waals surface area contributed by atoms with Crippen LogP contribution in [0.15, 0.2) is 54.6 Å². The molecule has 0 aromatic heterocycles. The van der Waals surface area contributed by atoms with E-state index in [1.165, 1.54) is 0 Å². The Hall–Kier alpha value is -2.68. The molecule has 0 fully saturated rings. The Morgan fingerprint density at radius 1 is 0.850 bits per heavy atom. The van der Waals surface area contributed by atoms with Crippen molar-refractivity contribution in [3.05, 3.63) is 71.3 Å². The zero-order valence-corrected chi connectivity index (χ0v) is 10.8. The SMILES string of the molecule is O=C(O)C(=O)Cc1ccc(/C=C\c2ccccc2)cc1. The lowest BCUT2D eigenvalue weighted by Gasteiger charge is -1.99. The molecule has 2 aromatic carbocycles. The van der Waals surface area contributed by atoms with Gasteiger partial charge in [0.25, 0.3) is 0 Å². The molecular formula is C17H14O3. The molecule has 1 N–H and O–H groups in total. The molecule has 20 heavy (non-hydrogen) atoms. The third-order valence-corrected chi connectivity index (χ3v) is 2.85. The second-order valence-corrected chi connectivity index (χ2v) is 4.39. The Kier molecular flexibility index (Phi) is 4.45. The van der Waals surface area contributed by atoms with E-state index in [1.54, 1.807) is 12.1 Å². The summed E-state index contributed by atoms with van der Waals surface area (Å²) in [4.78, 5) is 21.6. The molecule has 0 amide bonds. The van der Waals surface area contributed by atoms with E-state index in [0.717, 1.165) is 11.1 Å². The molecule has 0 spiro atoms. The van der Waals surface area contributed by atoms with Gasteiger partial charge >= 0.3 is 5.97 Å². The smallest absolute Gasteiger partial charge is 0.372 e. The Morgan fingerprint density at radius 2 is 1.40 bits per heavy atom. The van der Waals surface area contributed by atoms with Crippen LogP contribution in [0.1, 0.15) is 16.7 Å². The molecule has 0 saturated heterocycles. The Balaban J connectivity index is 2.03. The third-order valence-electron chi connectivity index (χ3n) is 2.85. The molecule has 0 unspecified atom stereocenters. The van der Waals surface area contributed by atoms with Gasteiger partial charge in [0.1, 0.15) is 0 Å². The van der Waals surface area contributed by atoms with Gasteiger partial charge in [-0.3, -0.25) is 4.79 Å². The third kappa shape index (κ3) is 3.92. The number of aliphatic carboxylic acids is 1. The average Bonchev–Trinajstić information content (AvgIpc) is 2.47. The van der Waals surface area contributed by atoms with Crippen molar-refractivity contribution in [1.29, 1.82) is 0 Å². The van der Waals surface area contributed by atoms with Gasteiger partial charge in [0.15, 0.2) is 0 Å². The summed E-state index contributed by atoms with van der Waals surface area (Å²) in [6.45, 7) is 0. The number of benzene rings is 2. The normalized spacial score (nSPS) is 10.6. The number of hydrogen-bond donors (Lipinski definition) is 1. The molecule has 0 saturated carbocycles. The highest BCUT2D eigenvalue weighted by atomic mass is 16.4. The maximum atomic E-state index is 11.1. The highest BCUT2D eigenvalue weighted by molar-refractivity contribution is 6.33. The van der Waals surface area contributed by atoms with Crippen LogP contribution in [0.4, 0.5) is 0 Å². The summed E-state index contributed by atoms with van der Waals surface area (Å²) >= 11 is 0. The van der Waals surface area contributed by atoms with Gasteiger partial charge in [0.05, 0.1) is 0 Å². The van der Waals surface area contributed by atoms with Crippen LogP contribution in [0.2, 0.25) is 0 Å². The number of Topliss-reactive ketones (excluding diaryl/α,β-unsaturated/α-hetero) is 1. The van der Waals surface area contributed by atoms with Crippen molar-refractivity contribution in [3.63, 3.8) is 0 Å². The van der Waals surface area contributed by atoms with Crippen LogP contribution in [-0.4, -0.2) is 16.9 Å². The van der Waals surface area contributed by atoms with Crippen molar-refractivity contribution in [2.45, 2.75) is 6.42 Å². The van der Waals surface area contributed by atoms with E-state index in [0.29, 0.717) is 5.56 Å². The van der Waals surface area contributed by atoms with Gasteiger partial charge in [-0.05, 0) is 16.7 Å². The van der Waals surface area contributed by atoms with Crippen molar-refractivity contribution in [1.82, 2.24) is 0 Å². The van der Waals surface area contributed by atoms with E-state index < -0.39 is 11.8 Å². The first-order valence-corrected chi connectivity index (χ1v) is 6.23. The minimum Gasteiger partial charge on any atom is -0.475 e. The molecule has 2 rings (SSSR count). The lowest BCUT2D eigenvalue weighted by molar-refractivity contribution is -0.148. The summed E-state index contributed by atoms with van der Waals surface area (Å²) in [5.74, 6) is -2.18. The van der Waals surface area contributed by atoms with E-state index >= 15 is 0 Å². The zero-order chi connectivity index (χ0) is 14.4. The number of ketones is 1. The molecule has 0 heterocycles. The summed E-state index contributed by atoms with van der Waals surface area (Å²) < 4.78 is 0. The van der Waals surface area contributed by atoms with Gasteiger partial charge in [0, 0.05) is 6.42 Å². The summed E-state index contributed by atoms with van der Waals surface area (Å²) in [5, 5.41) is 8.55. The summed E-state index contributed by atoms with van der Waals surface area (Å²) in [6.07, 6.45) is 3.90. The van der Waals surface area contributed by atoms with Crippen LogP contribution in [0.3, 0.4) is 0 Å². The number of carbonyl (C=O) groups is 2. The number of carboxylic acids is 1. The fourth-order valence-electron chi connectivity index (χ4n) is 1.76. The minimum absolute atomic E-state index is 0.0714. The van der Waals surface area contributed by atoms with Gasteiger partial charge in [-0.25, -0.2) is 4.79 Å². The van der Waals surface area contributed by atoms with E-state index in [4.69, 9.17) is 5.11 Å². The predicted octanol–water partition coefficient (Wildman–Crippen LogP) is 3.05. The van der Waals surface area contributed by atoms with E-state index in [9.17, 15) is 9.59 Å². The van der Waals surface area contributed by atoms with Crippen LogP contribution < -0.4 is 0 Å². The average molecular weight is 266 g/mol. The summed E-state index contributed by atoms with van der Waals surface area (Å²) in [7, 11) is 0.